The van der Waals surface area contributed by atoms with Gasteiger partial charge in [0.25, 0.3) is 0 Å². The number of rotatable bonds is 4. The number of halogens is 1. The number of sulfonamides is 1. The Morgan fingerprint density at radius 3 is 2.76 bits per heavy atom. The molecule has 0 saturated heterocycles. The van der Waals surface area contributed by atoms with Gasteiger partial charge in [0.2, 0.25) is 10.0 Å². The van der Waals surface area contributed by atoms with Crippen molar-refractivity contribution < 1.29 is 13.5 Å². The van der Waals surface area contributed by atoms with Crippen LogP contribution in [0.3, 0.4) is 0 Å². The van der Waals surface area contributed by atoms with Crippen LogP contribution >= 0.6 is 11.6 Å². The van der Waals surface area contributed by atoms with Crippen LogP contribution in [0.25, 0.3) is 0 Å². The Balaban J connectivity index is 2.08. The lowest BCUT2D eigenvalue weighted by atomic mass is 9.87. The number of aliphatic hydroxyl groups is 1. The second-order valence-electron chi connectivity index (χ2n) is 5.66. The molecule has 2 unspecified atom stereocenters. The molecule has 0 aliphatic heterocycles. The smallest absolute Gasteiger partial charge is 0.240 e. The third-order valence-corrected chi connectivity index (χ3v) is 5.78. The van der Waals surface area contributed by atoms with E-state index in [0.29, 0.717) is 29.2 Å². The minimum absolute atomic E-state index is 0.0759. The summed E-state index contributed by atoms with van der Waals surface area (Å²) in [5.41, 5.74) is 6.80. The second kappa shape index (κ2) is 6.52. The number of benzene rings is 1. The number of nitrogen functional groups attached to an aromatic ring is 1. The van der Waals surface area contributed by atoms with Crippen molar-refractivity contribution in [1.29, 1.82) is 0 Å². The van der Waals surface area contributed by atoms with Gasteiger partial charge in [-0.2, -0.15) is 0 Å². The molecule has 118 valence electrons. The molecule has 5 nitrogen and oxygen atoms in total. The largest absolute Gasteiger partial charge is 0.398 e. The first-order chi connectivity index (χ1) is 9.79. The molecule has 21 heavy (non-hydrogen) atoms. The third-order valence-electron chi connectivity index (χ3n) is 3.99. The van der Waals surface area contributed by atoms with Gasteiger partial charge in [-0.1, -0.05) is 18.0 Å². The van der Waals surface area contributed by atoms with Gasteiger partial charge in [0.05, 0.1) is 11.0 Å². The van der Waals surface area contributed by atoms with E-state index < -0.39 is 10.0 Å². The Hall–Kier alpha value is -0.820. The summed E-state index contributed by atoms with van der Waals surface area (Å²) in [6.45, 7) is 2.07. The zero-order chi connectivity index (χ0) is 15.6. The molecule has 1 aromatic carbocycles. The van der Waals surface area contributed by atoms with Crippen LogP contribution in [0.2, 0.25) is 5.02 Å². The van der Waals surface area contributed by atoms with Gasteiger partial charge in [0.1, 0.15) is 0 Å². The molecule has 7 heteroatoms. The van der Waals surface area contributed by atoms with Crippen LogP contribution in [0.15, 0.2) is 17.0 Å². The first kappa shape index (κ1) is 16.5. The molecule has 0 amide bonds. The molecule has 0 radical (unpaired) electrons. The number of aliphatic hydroxyl groups excluding tert-OH is 1. The van der Waals surface area contributed by atoms with E-state index in [2.05, 4.69) is 4.72 Å². The molecule has 1 aliphatic rings. The molecule has 1 aromatic rings. The van der Waals surface area contributed by atoms with Gasteiger partial charge in [-0.25, -0.2) is 13.1 Å². The number of nitrogens with one attached hydrogen (secondary N) is 1. The van der Waals surface area contributed by atoms with Gasteiger partial charge in [0, 0.05) is 17.3 Å². The summed E-state index contributed by atoms with van der Waals surface area (Å²) in [4.78, 5) is 0.0759. The Morgan fingerprint density at radius 2 is 2.14 bits per heavy atom. The van der Waals surface area contributed by atoms with Gasteiger partial charge >= 0.3 is 0 Å². The van der Waals surface area contributed by atoms with Crippen molar-refractivity contribution in [3.05, 3.63) is 22.7 Å². The molecule has 0 spiro atoms. The Kier molecular flexibility index (Phi) is 5.14. The Bertz CT molecular complexity index is 596. The van der Waals surface area contributed by atoms with Crippen molar-refractivity contribution in [3.8, 4) is 0 Å². The highest BCUT2D eigenvalue weighted by atomic mass is 35.5. The van der Waals surface area contributed by atoms with Crippen LogP contribution in [0.5, 0.6) is 0 Å². The van der Waals surface area contributed by atoms with Crippen molar-refractivity contribution in [2.75, 3.05) is 12.3 Å². The molecular formula is C14H21ClN2O3S. The molecule has 0 aromatic heterocycles. The lowest BCUT2D eigenvalue weighted by Gasteiger charge is -2.25. The van der Waals surface area contributed by atoms with Crippen LogP contribution in [0.4, 0.5) is 5.69 Å². The van der Waals surface area contributed by atoms with Crippen molar-refractivity contribution in [2.24, 2.45) is 5.92 Å². The quantitative estimate of drug-likeness (QED) is 0.736. The molecule has 4 N–H and O–H groups in total. The first-order valence-corrected chi connectivity index (χ1v) is 8.89. The summed E-state index contributed by atoms with van der Waals surface area (Å²) in [7, 11) is -3.63. The number of nitrogens with two attached hydrogens (primary N) is 1. The zero-order valence-corrected chi connectivity index (χ0v) is 13.5. The highest BCUT2D eigenvalue weighted by molar-refractivity contribution is 7.89. The van der Waals surface area contributed by atoms with Gasteiger partial charge < -0.3 is 10.8 Å². The van der Waals surface area contributed by atoms with E-state index in [4.69, 9.17) is 17.3 Å². The van der Waals surface area contributed by atoms with Crippen LogP contribution < -0.4 is 10.5 Å². The van der Waals surface area contributed by atoms with E-state index in [-0.39, 0.29) is 16.9 Å². The van der Waals surface area contributed by atoms with Crippen molar-refractivity contribution in [1.82, 2.24) is 4.72 Å². The predicted molar refractivity (Wildman–Crippen MR) is 83.8 cm³/mol. The van der Waals surface area contributed by atoms with E-state index in [1.165, 1.54) is 12.1 Å². The monoisotopic (exact) mass is 332 g/mol. The standard InChI is InChI=1S/C14H21ClN2O3S/c1-9-13(15)6-12(7-14(9)16)21(19,20)17-8-10-3-2-4-11(18)5-10/h6-7,10-11,17-18H,2-5,8,16H2,1H3. The third kappa shape index (κ3) is 4.10. The minimum atomic E-state index is -3.63. The average Bonchev–Trinajstić information content (AvgIpc) is 2.42. The van der Waals surface area contributed by atoms with Crippen molar-refractivity contribution >= 4 is 27.3 Å². The van der Waals surface area contributed by atoms with Gasteiger partial charge in [-0.15, -0.1) is 0 Å². The molecule has 0 bridgehead atoms. The van der Waals surface area contributed by atoms with Crippen LogP contribution in [0.1, 0.15) is 31.2 Å². The highest BCUT2D eigenvalue weighted by Crippen LogP contribution is 2.27. The fraction of sp³-hybridized carbons (Fsp3) is 0.571. The van der Waals surface area contributed by atoms with Gasteiger partial charge in [-0.3, -0.25) is 0 Å². The minimum Gasteiger partial charge on any atom is -0.398 e. The van der Waals surface area contributed by atoms with Crippen molar-refractivity contribution in [3.63, 3.8) is 0 Å². The number of hydrogen-bond acceptors (Lipinski definition) is 4. The highest BCUT2D eigenvalue weighted by Gasteiger charge is 2.23. The maximum absolute atomic E-state index is 12.3. The van der Waals surface area contributed by atoms with E-state index in [1.807, 2.05) is 0 Å². The van der Waals surface area contributed by atoms with Crippen LogP contribution in [-0.4, -0.2) is 26.2 Å². The summed E-state index contributed by atoms with van der Waals surface area (Å²) in [5.74, 6) is 0.168. The SMILES string of the molecule is Cc1c(N)cc(S(=O)(=O)NCC2CCCC(O)C2)cc1Cl. The Labute approximate surface area is 130 Å². The summed E-state index contributed by atoms with van der Waals surface area (Å²) in [6, 6.07) is 2.82. The van der Waals surface area contributed by atoms with Crippen LogP contribution in [-0.2, 0) is 10.0 Å². The lowest BCUT2D eigenvalue weighted by Crippen LogP contribution is -2.33. The topological polar surface area (TPSA) is 92.4 Å². The summed E-state index contributed by atoms with van der Waals surface area (Å²) < 4.78 is 27.2. The summed E-state index contributed by atoms with van der Waals surface area (Å²) in [6.07, 6.45) is 2.97. The van der Waals surface area contributed by atoms with E-state index in [1.54, 1.807) is 6.92 Å². The fourth-order valence-corrected chi connectivity index (χ4v) is 4.06. The van der Waals surface area contributed by atoms with Crippen LogP contribution in [0, 0.1) is 12.8 Å². The normalized spacial score (nSPS) is 23.2. The molecular weight excluding hydrogens is 312 g/mol. The number of anilines is 1. The summed E-state index contributed by atoms with van der Waals surface area (Å²) >= 11 is 5.99. The first-order valence-electron chi connectivity index (χ1n) is 7.03. The maximum Gasteiger partial charge on any atom is 0.240 e. The number of hydrogen-bond donors (Lipinski definition) is 3. The Morgan fingerprint density at radius 1 is 1.43 bits per heavy atom. The zero-order valence-electron chi connectivity index (χ0n) is 12.0. The van der Waals surface area contributed by atoms with E-state index in [9.17, 15) is 13.5 Å². The fourth-order valence-electron chi connectivity index (χ4n) is 2.59. The van der Waals surface area contributed by atoms with E-state index in [0.717, 1.165) is 19.3 Å². The lowest BCUT2D eigenvalue weighted by molar-refractivity contribution is 0.102. The predicted octanol–water partition coefficient (Wildman–Crippen LogP) is 2.06. The van der Waals surface area contributed by atoms with Crippen molar-refractivity contribution in [2.45, 2.75) is 43.6 Å². The maximum atomic E-state index is 12.3. The molecule has 1 fully saturated rings. The van der Waals surface area contributed by atoms with E-state index >= 15 is 0 Å². The molecule has 0 heterocycles. The molecule has 2 rings (SSSR count). The molecule has 1 aliphatic carbocycles. The van der Waals surface area contributed by atoms with Gasteiger partial charge in [-0.05, 0) is 49.8 Å². The molecule has 1 saturated carbocycles. The van der Waals surface area contributed by atoms with Gasteiger partial charge in [0.15, 0.2) is 0 Å². The summed E-state index contributed by atoms with van der Waals surface area (Å²) in [5, 5.41) is 9.95. The second-order valence-corrected chi connectivity index (χ2v) is 7.83. The average molecular weight is 333 g/mol. The molecule has 2 atom stereocenters.